The van der Waals surface area contributed by atoms with E-state index in [4.69, 9.17) is 28.0 Å². The summed E-state index contributed by atoms with van der Waals surface area (Å²) in [5.74, 6) is -3.34. The van der Waals surface area contributed by atoms with Crippen LogP contribution in [0.2, 0.25) is 10.0 Å². The highest BCUT2D eigenvalue weighted by Crippen LogP contribution is 2.50. The van der Waals surface area contributed by atoms with E-state index in [9.17, 15) is 26.7 Å². The number of halogens is 7. The van der Waals surface area contributed by atoms with Gasteiger partial charge < -0.3 is 10.2 Å². The molecule has 1 aromatic carbocycles. The molecule has 2 aromatic rings. The monoisotopic (exact) mass is 512 g/mol. The number of hydrogen-bond acceptors (Lipinski definition) is 4. The van der Waals surface area contributed by atoms with Gasteiger partial charge in [0.15, 0.2) is 0 Å². The fraction of sp³-hybridized carbons (Fsp3) is 0.400. The summed E-state index contributed by atoms with van der Waals surface area (Å²) in [7, 11) is 0. The van der Waals surface area contributed by atoms with Crippen LogP contribution in [0.1, 0.15) is 44.9 Å². The second-order valence-corrected chi connectivity index (χ2v) is 9.77. The van der Waals surface area contributed by atoms with Gasteiger partial charge in [-0.25, -0.2) is 8.78 Å². The summed E-state index contributed by atoms with van der Waals surface area (Å²) in [6.07, 6.45) is -6.36. The predicted molar refractivity (Wildman–Crippen MR) is 111 cm³/mol. The summed E-state index contributed by atoms with van der Waals surface area (Å²) >= 11 is 12.7. The molecule has 1 amide bonds. The molecule has 12 heteroatoms. The van der Waals surface area contributed by atoms with Crippen molar-refractivity contribution in [2.75, 3.05) is 0 Å². The number of aryl methyl sites for hydroxylation is 1. The molecule has 32 heavy (non-hydrogen) atoms. The molecule has 172 valence electrons. The lowest BCUT2D eigenvalue weighted by Gasteiger charge is -2.35. The van der Waals surface area contributed by atoms with Gasteiger partial charge >= 0.3 is 6.18 Å². The molecule has 0 unspecified atom stereocenters. The molecule has 4 nitrogen and oxygen atoms in total. The van der Waals surface area contributed by atoms with E-state index >= 15 is 0 Å². The summed E-state index contributed by atoms with van der Waals surface area (Å²) in [5.41, 5.74) is -2.58. The molecule has 1 aliphatic heterocycles. The first-order chi connectivity index (χ1) is 14.8. The Bertz CT molecular complexity index is 1090. The minimum atomic E-state index is -4.84. The fourth-order valence-electron chi connectivity index (χ4n) is 3.69. The number of oxime groups is 1. The van der Waals surface area contributed by atoms with Crippen molar-refractivity contribution in [3.8, 4) is 0 Å². The number of alkyl halides is 5. The molecular formula is C20H15Cl2F5N2O2S. The zero-order chi connectivity index (χ0) is 23.5. The van der Waals surface area contributed by atoms with Gasteiger partial charge in [0.25, 0.3) is 17.4 Å². The average molecular weight is 513 g/mol. The quantitative estimate of drug-likeness (QED) is 0.477. The van der Waals surface area contributed by atoms with Crippen LogP contribution in [0.4, 0.5) is 22.0 Å². The zero-order valence-corrected chi connectivity index (χ0v) is 18.7. The minimum absolute atomic E-state index is 0.000695. The molecule has 0 spiro atoms. The van der Waals surface area contributed by atoms with Crippen molar-refractivity contribution in [3.63, 3.8) is 0 Å². The van der Waals surface area contributed by atoms with Crippen LogP contribution in [0.25, 0.3) is 0 Å². The lowest BCUT2D eigenvalue weighted by Crippen LogP contribution is -2.50. The van der Waals surface area contributed by atoms with Crippen LogP contribution in [0, 0.1) is 6.92 Å². The molecule has 1 aromatic heterocycles. The second kappa shape index (κ2) is 7.85. The van der Waals surface area contributed by atoms with Crippen LogP contribution >= 0.6 is 34.5 Å². The van der Waals surface area contributed by atoms with E-state index in [2.05, 4.69) is 10.5 Å². The lowest BCUT2D eigenvalue weighted by molar-refractivity contribution is -0.275. The van der Waals surface area contributed by atoms with Crippen molar-refractivity contribution < 1.29 is 31.6 Å². The number of amides is 1. The Hall–Kier alpha value is -1.91. The third-order valence-electron chi connectivity index (χ3n) is 5.35. The Morgan fingerprint density at radius 1 is 1.19 bits per heavy atom. The van der Waals surface area contributed by atoms with Gasteiger partial charge in [-0.2, -0.15) is 13.2 Å². The first kappa shape index (κ1) is 23.3. The third-order valence-corrected chi connectivity index (χ3v) is 7.07. The standard InChI is InChI=1S/C20H15Cl2F5N2O2S/c1-9-2-15(32-16(9)17(30)28-13-6-18(23,24)7-13)14-8-19(31-29-14,20(25,26)27)10-3-11(21)5-12(22)4-10/h2-5,13H,6-8H2,1H3,(H,28,30)/t19-/m1/s1. The van der Waals surface area contributed by atoms with Gasteiger partial charge in [0.1, 0.15) is 5.71 Å². The third kappa shape index (κ3) is 4.20. The van der Waals surface area contributed by atoms with Gasteiger partial charge in [0, 0.05) is 34.5 Å². The Morgan fingerprint density at radius 2 is 1.81 bits per heavy atom. The fourth-order valence-corrected chi connectivity index (χ4v) is 5.27. The number of carbonyl (C=O) groups excluding carboxylic acids is 1. The van der Waals surface area contributed by atoms with Crippen LogP contribution < -0.4 is 5.32 Å². The van der Waals surface area contributed by atoms with Gasteiger partial charge in [-0.3, -0.25) is 4.79 Å². The molecule has 4 rings (SSSR count). The van der Waals surface area contributed by atoms with Gasteiger partial charge in [0.2, 0.25) is 0 Å². The molecule has 0 radical (unpaired) electrons. The topological polar surface area (TPSA) is 50.7 Å². The number of nitrogens with zero attached hydrogens (tertiary/aromatic N) is 1. The normalized spacial score (nSPS) is 22.8. The molecule has 1 fully saturated rings. The van der Waals surface area contributed by atoms with Crippen LogP contribution in [0.3, 0.4) is 0 Å². The van der Waals surface area contributed by atoms with Crippen molar-refractivity contribution in [2.24, 2.45) is 5.16 Å². The zero-order valence-electron chi connectivity index (χ0n) is 16.3. The SMILES string of the molecule is Cc1cc(C2=NO[C@](c3cc(Cl)cc(Cl)c3)(C(F)(F)F)C2)sc1C(=O)NC1CC(F)(F)C1. The first-order valence-electron chi connectivity index (χ1n) is 9.37. The maximum absolute atomic E-state index is 14.1. The van der Waals surface area contributed by atoms with Gasteiger partial charge in [-0.1, -0.05) is 28.4 Å². The molecule has 1 aliphatic carbocycles. The van der Waals surface area contributed by atoms with Crippen LogP contribution in [-0.4, -0.2) is 29.8 Å². The van der Waals surface area contributed by atoms with Crippen molar-refractivity contribution in [2.45, 2.75) is 49.9 Å². The summed E-state index contributed by atoms with van der Waals surface area (Å²) in [5, 5.41) is 6.22. The van der Waals surface area contributed by atoms with E-state index in [-0.39, 0.29) is 26.2 Å². The van der Waals surface area contributed by atoms with Gasteiger partial charge in [-0.15, -0.1) is 11.3 Å². The summed E-state index contributed by atoms with van der Waals surface area (Å²) in [6, 6.07) is 4.42. The van der Waals surface area contributed by atoms with Crippen molar-refractivity contribution in [1.29, 1.82) is 0 Å². The molecule has 0 bridgehead atoms. The van der Waals surface area contributed by atoms with E-state index in [1.54, 1.807) is 6.92 Å². The highest BCUT2D eigenvalue weighted by atomic mass is 35.5. The summed E-state index contributed by atoms with van der Waals surface area (Å²) in [6.45, 7) is 1.61. The number of carbonyl (C=O) groups is 1. The van der Waals surface area contributed by atoms with Crippen molar-refractivity contribution in [3.05, 3.63) is 55.2 Å². The molecule has 2 aliphatic rings. The van der Waals surface area contributed by atoms with E-state index < -0.39 is 48.9 Å². The Balaban J connectivity index is 1.58. The Labute approximate surface area is 193 Å². The van der Waals surface area contributed by atoms with Crippen LogP contribution in [0.5, 0.6) is 0 Å². The Kier molecular flexibility index (Phi) is 5.70. The van der Waals surface area contributed by atoms with Crippen molar-refractivity contribution >= 4 is 46.2 Å². The summed E-state index contributed by atoms with van der Waals surface area (Å²) in [4.78, 5) is 18.0. The average Bonchev–Trinajstić information content (AvgIpc) is 3.23. The van der Waals surface area contributed by atoms with E-state index in [0.29, 0.717) is 10.4 Å². The molecule has 1 saturated carbocycles. The molecule has 1 N–H and O–H groups in total. The van der Waals surface area contributed by atoms with Crippen molar-refractivity contribution in [1.82, 2.24) is 5.32 Å². The maximum Gasteiger partial charge on any atom is 0.435 e. The Morgan fingerprint density at radius 3 is 2.38 bits per heavy atom. The largest absolute Gasteiger partial charge is 0.435 e. The predicted octanol–water partition coefficient (Wildman–Crippen LogP) is 6.47. The molecule has 2 heterocycles. The second-order valence-electron chi connectivity index (χ2n) is 7.85. The number of nitrogens with one attached hydrogen (secondary N) is 1. The highest BCUT2D eigenvalue weighted by molar-refractivity contribution is 7.16. The molecule has 1 atom stereocenters. The van der Waals surface area contributed by atoms with E-state index in [1.165, 1.54) is 12.1 Å². The van der Waals surface area contributed by atoms with E-state index in [1.807, 2.05) is 0 Å². The lowest BCUT2D eigenvalue weighted by atomic mass is 9.88. The number of rotatable bonds is 4. The number of benzene rings is 1. The molecule has 0 saturated heterocycles. The highest BCUT2D eigenvalue weighted by Gasteiger charge is 2.62. The maximum atomic E-state index is 14.1. The molecular weight excluding hydrogens is 498 g/mol. The van der Waals surface area contributed by atoms with Crippen LogP contribution in [0.15, 0.2) is 29.4 Å². The van der Waals surface area contributed by atoms with E-state index in [0.717, 1.165) is 23.5 Å². The smallest absolute Gasteiger partial charge is 0.374 e. The van der Waals surface area contributed by atoms with Gasteiger partial charge in [-0.05, 0) is 36.8 Å². The number of hydrogen-bond donors (Lipinski definition) is 1. The van der Waals surface area contributed by atoms with Crippen LogP contribution in [-0.2, 0) is 10.4 Å². The number of thiophene rings is 1. The first-order valence-corrected chi connectivity index (χ1v) is 10.9. The minimum Gasteiger partial charge on any atom is -0.374 e. The van der Waals surface area contributed by atoms with Gasteiger partial charge in [0.05, 0.1) is 16.2 Å². The summed E-state index contributed by atoms with van der Waals surface area (Å²) < 4.78 is 68.3.